The Morgan fingerprint density at radius 3 is 2.42 bits per heavy atom. The topological polar surface area (TPSA) is 9.23 Å². The Bertz CT molecular complexity index is 549. The van der Waals surface area contributed by atoms with Crippen LogP contribution in [-0.2, 0) is 6.42 Å². The number of halogens is 2. The van der Waals surface area contributed by atoms with E-state index in [2.05, 4.69) is 13.0 Å². The number of hydrogen-bond donors (Lipinski definition) is 0. The first kappa shape index (κ1) is 14.2. The maximum Gasteiger partial charge on any atom is 0.123 e. The van der Waals surface area contributed by atoms with Crippen molar-refractivity contribution in [2.24, 2.45) is 0 Å². The van der Waals surface area contributed by atoms with E-state index in [4.69, 9.17) is 27.9 Å². The van der Waals surface area contributed by atoms with Crippen LogP contribution in [0.5, 0.6) is 5.75 Å². The summed E-state index contributed by atoms with van der Waals surface area (Å²) in [5, 5.41) is 0.624. The van der Waals surface area contributed by atoms with E-state index >= 15 is 0 Å². The molecule has 3 heteroatoms. The molecule has 0 saturated carbocycles. The Labute approximate surface area is 124 Å². The molecular formula is C16H16Cl2O. The summed E-state index contributed by atoms with van der Waals surface area (Å²) < 4.78 is 5.37. The van der Waals surface area contributed by atoms with Crippen molar-refractivity contribution >= 4 is 23.2 Å². The monoisotopic (exact) mass is 294 g/mol. The number of rotatable bonds is 4. The lowest BCUT2D eigenvalue weighted by Gasteiger charge is -2.15. The van der Waals surface area contributed by atoms with Gasteiger partial charge in [0.15, 0.2) is 0 Å². The molecule has 0 bridgehead atoms. The van der Waals surface area contributed by atoms with Crippen LogP contribution in [0.25, 0.3) is 0 Å². The molecule has 0 aromatic heterocycles. The molecule has 2 aromatic carbocycles. The van der Waals surface area contributed by atoms with E-state index in [1.807, 2.05) is 36.4 Å². The van der Waals surface area contributed by atoms with Gasteiger partial charge in [0.1, 0.15) is 5.75 Å². The van der Waals surface area contributed by atoms with Gasteiger partial charge in [-0.3, -0.25) is 0 Å². The van der Waals surface area contributed by atoms with Crippen LogP contribution in [0.4, 0.5) is 0 Å². The smallest absolute Gasteiger partial charge is 0.123 e. The summed E-state index contributed by atoms with van der Waals surface area (Å²) in [4.78, 5) is 0. The predicted octanol–water partition coefficient (Wildman–Crippen LogP) is 5.18. The van der Waals surface area contributed by atoms with Crippen LogP contribution in [-0.4, -0.2) is 7.11 Å². The Morgan fingerprint density at radius 2 is 1.79 bits per heavy atom. The fourth-order valence-corrected chi connectivity index (χ4v) is 2.51. The molecular weight excluding hydrogens is 279 g/mol. The Morgan fingerprint density at radius 1 is 1.11 bits per heavy atom. The molecule has 0 saturated heterocycles. The lowest BCUT2D eigenvalue weighted by molar-refractivity contribution is 0.409. The van der Waals surface area contributed by atoms with Gasteiger partial charge in [-0.05, 0) is 37.1 Å². The third-order valence-electron chi connectivity index (χ3n) is 3.05. The predicted molar refractivity (Wildman–Crippen MR) is 81.5 cm³/mol. The van der Waals surface area contributed by atoms with E-state index in [1.54, 1.807) is 7.11 Å². The van der Waals surface area contributed by atoms with Gasteiger partial charge in [-0.1, -0.05) is 41.4 Å². The molecule has 0 aliphatic rings. The normalized spacial score (nSPS) is 12.2. The summed E-state index contributed by atoms with van der Waals surface area (Å²) in [5.74, 6) is 0.833. The molecule has 0 aliphatic heterocycles. The van der Waals surface area contributed by atoms with Gasteiger partial charge in [0.25, 0.3) is 0 Å². The van der Waals surface area contributed by atoms with Crippen molar-refractivity contribution in [3.8, 4) is 5.75 Å². The van der Waals surface area contributed by atoms with E-state index in [-0.39, 0.29) is 5.38 Å². The third-order valence-corrected chi connectivity index (χ3v) is 3.69. The van der Waals surface area contributed by atoms with E-state index in [0.29, 0.717) is 0 Å². The molecule has 0 spiro atoms. The summed E-state index contributed by atoms with van der Waals surface area (Å²) in [6.45, 7) is 2.05. The van der Waals surface area contributed by atoms with Gasteiger partial charge in [-0.15, -0.1) is 11.6 Å². The van der Waals surface area contributed by atoms with Crippen molar-refractivity contribution in [1.82, 2.24) is 0 Å². The number of alkyl halides is 1. The molecule has 2 rings (SSSR count). The Kier molecular flexibility index (Phi) is 4.73. The number of aryl methyl sites for hydroxylation is 1. The third kappa shape index (κ3) is 3.65. The highest BCUT2D eigenvalue weighted by molar-refractivity contribution is 6.30. The van der Waals surface area contributed by atoms with Crippen LogP contribution in [0.1, 0.15) is 22.1 Å². The maximum atomic E-state index is 6.52. The zero-order valence-corrected chi connectivity index (χ0v) is 12.5. The highest BCUT2D eigenvalue weighted by Crippen LogP contribution is 2.33. The Hall–Kier alpha value is -1.18. The first-order valence-electron chi connectivity index (χ1n) is 6.13. The standard InChI is InChI=1S/C16H16Cl2O/c1-11-3-8-16(19-2)14(9-11)15(18)10-12-4-6-13(17)7-5-12/h3-9,15H,10H2,1-2H3. The van der Waals surface area contributed by atoms with Crippen molar-refractivity contribution in [3.05, 3.63) is 64.2 Å². The highest BCUT2D eigenvalue weighted by Gasteiger charge is 2.14. The summed E-state index contributed by atoms with van der Waals surface area (Å²) in [6.07, 6.45) is 0.749. The average Bonchev–Trinajstić information content (AvgIpc) is 2.41. The largest absolute Gasteiger partial charge is 0.496 e. The van der Waals surface area contributed by atoms with Gasteiger partial charge < -0.3 is 4.74 Å². The molecule has 0 heterocycles. The van der Waals surface area contributed by atoms with Gasteiger partial charge in [0.2, 0.25) is 0 Å². The molecule has 2 aromatic rings. The second kappa shape index (κ2) is 6.31. The lowest BCUT2D eigenvalue weighted by atomic mass is 10.0. The lowest BCUT2D eigenvalue weighted by Crippen LogP contribution is -2.00. The van der Waals surface area contributed by atoms with E-state index in [0.717, 1.165) is 28.3 Å². The quantitative estimate of drug-likeness (QED) is 0.706. The number of hydrogen-bond acceptors (Lipinski definition) is 1. The first-order chi connectivity index (χ1) is 9.10. The SMILES string of the molecule is COc1ccc(C)cc1C(Cl)Cc1ccc(Cl)cc1. The fourth-order valence-electron chi connectivity index (χ4n) is 2.04. The number of benzene rings is 2. The molecule has 0 radical (unpaired) electrons. The Balaban J connectivity index is 2.21. The summed E-state index contributed by atoms with van der Waals surface area (Å²) in [7, 11) is 1.67. The molecule has 100 valence electrons. The van der Waals surface area contributed by atoms with Crippen LogP contribution in [0.2, 0.25) is 5.02 Å². The number of ether oxygens (including phenoxy) is 1. The average molecular weight is 295 g/mol. The fraction of sp³-hybridized carbons (Fsp3) is 0.250. The second-order valence-corrected chi connectivity index (χ2v) is 5.51. The second-order valence-electron chi connectivity index (χ2n) is 4.54. The van der Waals surface area contributed by atoms with Crippen LogP contribution >= 0.6 is 23.2 Å². The molecule has 1 atom stereocenters. The van der Waals surface area contributed by atoms with Crippen molar-refractivity contribution in [2.75, 3.05) is 7.11 Å². The first-order valence-corrected chi connectivity index (χ1v) is 6.94. The van der Waals surface area contributed by atoms with E-state index in [1.165, 1.54) is 5.56 Å². The summed E-state index contributed by atoms with van der Waals surface area (Å²) in [6, 6.07) is 13.8. The van der Waals surface area contributed by atoms with Crippen molar-refractivity contribution < 1.29 is 4.74 Å². The van der Waals surface area contributed by atoms with Gasteiger partial charge in [0.05, 0.1) is 12.5 Å². The molecule has 19 heavy (non-hydrogen) atoms. The van der Waals surface area contributed by atoms with Crippen LogP contribution in [0.3, 0.4) is 0 Å². The van der Waals surface area contributed by atoms with Crippen molar-refractivity contribution in [1.29, 1.82) is 0 Å². The van der Waals surface area contributed by atoms with Crippen LogP contribution in [0.15, 0.2) is 42.5 Å². The minimum absolute atomic E-state index is 0.115. The zero-order valence-electron chi connectivity index (χ0n) is 11.0. The van der Waals surface area contributed by atoms with Crippen LogP contribution < -0.4 is 4.74 Å². The molecule has 1 nitrogen and oxygen atoms in total. The van der Waals surface area contributed by atoms with Gasteiger partial charge >= 0.3 is 0 Å². The van der Waals surface area contributed by atoms with Gasteiger partial charge in [0, 0.05) is 10.6 Å². The van der Waals surface area contributed by atoms with Gasteiger partial charge in [-0.2, -0.15) is 0 Å². The zero-order chi connectivity index (χ0) is 13.8. The van der Waals surface area contributed by atoms with Crippen molar-refractivity contribution in [2.45, 2.75) is 18.7 Å². The van der Waals surface area contributed by atoms with Crippen molar-refractivity contribution in [3.63, 3.8) is 0 Å². The van der Waals surface area contributed by atoms with Gasteiger partial charge in [-0.25, -0.2) is 0 Å². The minimum Gasteiger partial charge on any atom is -0.496 e. The molecule has 0 fully saturated rings. The molecule has 0 N–H and O–H groups in total. The van der Waals surface area contributed by atoms with Crippen LogP contribution in [0, 0.1) is 6.92 Å². The van der Waals surface area contributed by atoms with E-state index < -0.39 is 0 Å². The highest BCUT2D eigenvalue weighted by atomic mass is 35.5. The van der Waals surface area contributed by atoms with E-state index in [9.17, 15) is 0 Å². The summed E-state index contributed by atoms with van der Waals surface area (Å²) >= 11 is 12.4. The number of methoxy groups -OCH3 is 1. The molecule has 0 amide bonds. The summed E-state index contributed by atoms with van der Waals surface area (Å²) in [5.41, 5.74) is 3.37. The minimum atomic E-state index is -0.115. The molecule has 1 unspecified atom stereocenters. The maximum absolute atomic E-state index is 6.52. The molecule has 0 aliphatic carbocycles.